The third kappa shape index (κ3) is 4.38. The van der Waals surface area contributed by atoms with E-state index in [2.05, 4.69) is 0 Å². The number of methoxy groups -OCH3 is 1. The lowest BCUT2D eigenvalue weighted by Gasteiger charge is -2.16. The summed E-state index contributed by atoms with van der Waals surface area (Å²) in [7, 11) is 1.63. The van der Waals surface area contributed by atoms with E-state index in [0.717, 1.165) is 17.1 Å². The summed E-state index contributed by atoms with van der Waals surface area (Å²) in [6.45, 7) is 0.568. The lowest BCUT2D eigenvalue weighted by atomic mass is 9.97. The summed E-state index contributed by atoms with van der Waals surface area (Å²) >= 11 is 6.16. The Morgan fingerprint density at radius 1 is 1.05 bits per heavy atom. The minimum absolute atomic E-state index is 0.0167. The molecule has 0 fully saturated rings. The second-order valence-electron chi connectivity index (χ2n) is 4.71. The maximum Gasteiger partial charge on any atom is 0.119 e. The zero-order valence-corrected chi connectivity index (χ0v) is 12.7. The second kappa shape index (κ2) is 7.91. The highest BCUT2D eigenvalue weighted by atomic mass is 35.5. The fourth-order valence-electron chi connectivity index (χ4n) is 2.14. The van der Waals surface area contributed by atoms with E-state index in [1.54, 1.807) is 7.11 Å². The van der Waals surface area contributed by atoms with Gasteiger partial charge in [-0.1, -0.05) is 29.8 Å². The van der Waals surface area contributed by atoms with Gasteiger partial charge < -0.3 is 14.6 Å². The van der Waals surface area contributed by atoms with Gasteiger partial charge in [0.15, 0.2) is 0 Å². The van der Waals surface area contributed by atoms with E-state index in [4.69, 9.17) is 21.1 Å². The average molecular weight is 307 g/mol. The number of halogens is 1. The van der Waals surface area contributed by atoms with Crippen LogP contribution in [0.5, 0.6) is 11.5 Å². The standard InChI is InChI=1S/C17H19ClO3/c1-20-14-6-8-15(9-7-14)21-11-10-13(12-19)16-4-2-3-5-17(16)18/h2-9,13,19H,10-12H2,1H3. The van der Waals surface area contributed by atoms with Crippen molar-refractivity contribution in [2.24, 2.45) is 0 Å². The molecule has 0 heterocycles. The number of hydrogen-bond donors (Lipinski definition) is 1. The summed E-state index contributed by atoms with van der Waals surface area (Å²) in [5.74, 6) is 1.57. The van der Waals surface area contributed by atoms with Gasteiger partial charge in [0.1, 0.15) is 11.5 Å². The molecule has 3 nitrogen and oxygen atoms in total. The number of hydrogen-bond acceptors (Lipinski definition) is 3. The van der Waals surface area contributed by atoms with Crippen molar-refractivity contribution < 1.29 is 14.6 Å². The molecule has 112 valence electrons. The topological polar surface area (TPSA) is 38.7 Å². The van der Waals surface area contributed by atoms with Gasteiger partial charge in [0.2, 0.25) is 0 Å². The Morgan fingerprint density at radius 3 is 2.33 bits per heavy atom. The third-order valence-corrected chi connectivity index (χ3v) is 3.70. The molecule has 4 heteroatoms. The first-order valence-electron chi connectivity index (χ1n) is 6.86. The maximum absolute atomic E-state index is 9.54. The van der Waals surface area contributed by atoms with Gasteiger partial charge in [0.25, 0.3) is 0 Å². The molecule has 0 bridgehead atoms. The zero-order chi connectivity index (χ0) is 15.1. The van der Waals surface area contributed by atoms with Crippen LogP contribution in [0, 0.1) is 0 Å². The predicted octanol–water partition coefficient (Wildman–Crippen LogP) is 3.89. The molecule has 2 rings (SSSR count). The predicted molar refractivity (Wildman–Crippen MR) is 84.4 cm³/mol. The Hall–Kier alpha value is -1.71. The summed E-state index contributed by atoms with van der Waals surface area (Å²) in [5.41, 5.74) is 0.958. The van der Waals surface area contributed by atoms with Crippen LogP contribution in [-0.2, 0) is 0 Å². The Morgan fingerprint density at radius 2 is 1.71 bits per heavy atom. The Labute approximate surface area is 130 Å². The lowest BCUT2D eigenvalue weighted by Crippen LogP contribution is -2.10. The molecular formula is C17H19ClO3. The van der Waals surface area contributed by atoms with Crippen molar-refractivity contribution in [2.75, 3.05) is 20.3 Å². The van der Waals surface area contributed by atoms with Crippen molar-refractivity contribution >= 4 is 11.6 Å². The molecule has 0 aliphatic carbocycles. The van der Waals surface area contributed by atoms with E-state index in [-0.39, 0.29) is 12.5 Å². The summed E-state index contributed by atoms with van der Waals surface area (Å²) in [6, 6.07) is 15.0. The highest BCUT2D eigenvalue weighted by molar-refractivity contribution is 6.31. The van der Waals surface area contributed by atoms with Gasteiger partial charge in [0.05, 0.1) is 20.3 Å². The molecule has 0 amide bonds. The summed E-state index contributed by atoms with van der Waals surface area (Å²) in [4.78, 5) is 0. The quantitative estimate of drug-likeness (QED) is 0.843. The fourth-order valence-corrected chi connectivity index (χ4v) is 2.43. The molecule has 0 aromatic heterocycles. The first-order valence-corrected chi connectivity index (χ1v) is 7.24. The van der Waals surface area contributed by atoms with Crippen LogP contribution in [0.1, 0.15) is 17.9 Å². The highest BCUT2D eigenvalue weighted by Crippen LogP contribution is 2.27. The van der Waals surface area contributed by atoms with Crippen molar-refractivity contribution in [3.05, 3.63) is 59.1 Å². The molecule has 2 aromatic carbocycles. The van der Waals surface area contributed by atoms with Crippen molar-refractivity contribution in [3.63, 3.8) is 0 Å². The molecule has 21 heavy (non-hydrogen) atoms. The lowest BCUT2D eigenvalue weighted by molar-refractivity contribution is 0.229. The first kappa shape index (κ1) is 15.7. The summed E-state index contributed by atoms with van der Waals surface area (Å²) in [5, 5.41) is 10.2. The molecule has 0 aliphatic heterocycles. The largest absolute Gasteiger partial charge is 0.497 e. The van der Waals surface area contributed by atoms with Gasteiger partial charge >= 0.3 is 0 Å². The van der Waals surface area contributed by atoms with E-state index in [1.807, 2.05) is 48.5 Å². The van der Waals surface area contributed by atoms with Crippen LogP contribution in [0.2, 0.25) is 5.02 Å². The monoisotopic (exact) mass is 306 g/mol. The van der Waals surface area contributed by atoms with Gasteiger partial charge in [-0.15, -0.1) is 0 Å². The molecule has 1 unspecified atom stereocenters. The Kier molecular flexibility index (Phi) is 5.90. The molecule has 0 aliphatic rings. The van der Waals surface area contributed by atoms with Crippen molar-refractivity contribution in [3.8, 4) is 11.5 Å². The van der Waals surface area contributed by atoms with E-state index in [1.165, 1.54) is 0 Å². The van der Waals surface area contributed by atoms with Crippen LogP contribution in [-0.4, -0.2) is 25.4 Å². The van der Waals surface area contributed by atoms with Crippen LogP contribution in [0.4, 0.5) is 0 Å². The number of rotatable bonds is 7. The minimum atomic E-state index is -0.0167. The SMILES string of the molecule is COc1ccc(OCCC(CO)c2ccccc2Cl)cc1. The highest BCUT2D eigenvalue weighted by Gasteiger charge is 2.13. The van der Waals surface area contributed by atoms with E-state index in [0.29, 0.717) is 18.1 Å². The summed E-state index contributed by atoms with van der Waals surface area (Å²) in [6.07, 6.45) is 0.701. The van der Waals surface area contributed by atoms with Crippen molar-refractivity contribution in [1.29, 1.82) is 0 Å². The maximum atomic E-state index is 9.54. The normalized spacial score (nSPS) is 12.0. The van der Waals surface area contributed by atoms with Crippen molar-refractivity contribution in [2.45, 2.75) is 12.3 Å². The van der Waals surface area contributed by atoms with E-state index in [9.17, 15) is 5.11 Å². The van der Waals surface area contributed by atoms with Gasteiger partial charge in [-0.25, -0.2) is 0 Å². The van der Waals surface area contributed by atoms with Crippen LogP contribution < -0.4 is 9.47 Å². The van der Waals surface area contributed by atoms with Crippen LogP contribution in [0.25, 0.3) is 0 Å². The molecule has 0 spiro atoms. The molecule has 0 radical (unpaired) electrons. The van der Waals surface area contributed by atoms with Crippen LogP contribution in [0.15, 0.2) is 48.5 Å². The van der Waals surface area contributed by atoms with Crippen LogP contribution in [0.3, 0.4) is 0 Å². The molecular weight excluding hydrogens is 288 g/mol. The van der Waals surface area contributed by atoms with Crippen molar-refractivity contribution in [1.82, 2.24) is 0 Å². The number of benzene rings is 2. The molecule has 0 saturated carbocycles. The first-order chi connectivity index (χ1) is 10.2. The minimum Gasteiger partial charge on any atom is -0.497 e. The second-order valence-corrected chi connectivity index (χ2v) is 5.12. The molecule has 2 aromatic rings. The number of aliphatic hydroxyl groups is 1. The van der Waals surface area contributed by atoms with Gasteiger partial charge in [-0.2, -0.15) is 0 Å². The van der Waals surface area contributed by atoms with Gasteiger partial charge in [-0.3, -0.25) is 0 Å². The van der Waals surface area contributed by atoms with Gasteiger partial charge in [-0.05, 0) is 42.3 Å². The van der Waals surface area contributed by atoms with E-state index >= 15 is 0 Å². The number of ether oxygens (including phenoxy) is 2. The van der Waals surface area contributed by atoms with E-state index < -0.39 is 0 Å². The molecule has 0 saturated heterocycles. The number of aliphatic hydroxyl groups excluding tert-OH is 1. The zero-order valence-electron chi connectivity index (χ0n) is 12.0. The third-order valence-electron chi connectivity index (χ3n) is 3.36. The molecule has 1 atom stereocenters. The molecule has 1 N–H and O–H groups in total. The summed E-state index contributed by atoms with van der Waals surface area (Å²) < 4.78 is 10.8. The Balaban J connectivity index is 1.90. The van der Waals surface area contributed by atoms with Gasteiger partial charge in [0, 0.05) is 10.9 Å². The Bertz CT molecular complexity index is 554. The van der Waals surface area contributed by atoms with Crippen LogP contribution >= 0.6 is 11.6 Å². The fraction of sp³-hybridized carbons (Fsp3) is 0.294. The smallest absolute Gasteiger partial charge is 0.119 e. The average Bonchev–Trinajstić information content (AvgIpc) is 2.53.